The number of rotatable bonds is 4. The second-order valence-corrected chi connectivity index (χ2v) is 7.35. The molecule has 0 spiro atoms. The molecule has 106 valence electrons. The van der Waals surface area contributed by atoms with Crippen molar-refractivity contribution < 1.29 is 0 Å². The van der Waals surface area contributed by atoms with Gasteiger partial charge < -0.3 is 0 Å². The first-order chi connectivity index (χ1) is 9.79. The Morgan fingerprint density at radius 1 is 1.40 bits per heavy atom. The van der Waals surface area contributed by atoms with Crippen LogP contribution >= 0.6 is 34.4 Å². The second kappa shape index (κ2) is 6.47. The molecule has 2 heterocycles. The SMILES string of the molecule is CCc1c(I)nc(SC2CCCC2)n1-c1cccnc1. The maximum absolute atomic E-state index is 4.81. The van der Waals surface area contributed by atoms with Crippen LogP contribution < -0.4 is 0 Å². The summed E-state index contributed by atoms with van der Waals surface area (Å²) >= 11 is 4.30. The van der Waals surface area contributed by atoms with E-state index in [1.165, 1.54) is 31.4 Å². The molecule has 1 aliphatic carbocycles. The molecule has 0 amide bonds. The van der Waals surface area contributed by atoms with Gasteiger partial charge in [-0.25, -0.2) is 4.98 Å². The van der Waals surface area contributed by atoms with E-state index in [1.807, 2.05) is 30.2 Å². The molecule has 1 aliphatic rings. The van der Waals surface area contributed by atoms with Gasteiger partial charge >= 0.3 is 0 Å². The van der Waals surface area contributed by atoms with Gasteiger partial charge in [0.15, 0.2) is 5.16 Å². The summed E-state index contributed by atoms with van der Waals surface area (Å²) < 4.78 is 3.41. The first-order valence-corrected chi connectivity index (χ1v) is 9.09. The van der Waals surface area contributed by atoms with E-state index in [0.717, 1.165) is 26.2 Å². The molecule has 0 aromatic carbocycles. The number of aromatic nitrogens is 3. The maximum Gasteiger partial charge on any atom is 0.174 e. The summed E-state index contributed by atoms with van der Waals surface area (Å²) in [6.07, 6.45) is 10.1. The normalized spacial score (nSPS) is 15.9. The molecular formula is C15H18IN3S. The highest BCUT2D eigenvalue weighted by Gasteiger charge is 2.22. The van der Waals surface area contributed by atoms with E-state index < -0.39 is 0 Å². The Balaban J connectivity index is 2.00. The molecule has 0 radical (unpaired) electrons. The van der Waals surface area contributed by atoms with E-state index in [1.54, 1.807) is 0 Å². The third kappa shape index (κ3) is 2.88. The largest absolute Gasteiger partial charge is 0.289 e. The molecule has 0 N–H and O–H groups in total. The van der Waals surface area contributed by atoms with Crippen molar-refractivity contribution in [1.82, 2.24) is 14.5 Å². The second-order valence-electron chi connectivity index (χ2n) is 5.06. The van der Waals surface area contributed by atoms with Gasteiger partial charge in [0.2, 0.25) is 0 Å². The standard InChI is InChI=1S/C15H18IN3S/c1-2-13-14(16)18-15(20-12-7-3-4-8-12)19(13)11-6-5-9-17-10-11/h5-6,9-10,12H,2-4,7-8H2,1H3. The lowest BCUT2D eigenvalue weighted by Crippen LogP contribution is -2.04. The lowest BCUT2D eigenvalue weighted by molar-refractivity contribution is 0.820. The van der Waals surface area contributed by atoms with Gasteiger partial charge in [0.1, 0.15) is 3.70 Å². The van der Waals surface area contributed by atoms with E-state index in [0.29, 0.717) is 0 Å². The first kappa shape index (κ1) is 14.4. The third-order valence-electron chi connectivity index (χ3n) is 3.71. The molecule has 1 fully saturated rings. The minimum Gasteiger partial charge on any atom is -0.289 e. The lowest BCUT2D eigenvalue weighted by Gasteiger charge is -2.13. The quantitative estimate of drug-likeness (QED) is 0.711. The van der Waals surface area contributed by atoms with Gasteiger partial charge in [0, 0.05) is 11.4 Å². The summed E-state index contributed by atoms with van der Waals surface area (Å²) in [4.78, 5) is 9.06. The van der Waals surface area contributed by atoms with Crippen molar-refractivity contribution in [2.45, 2.75) is 49.4 Å². The van der Waals surface area contributed by atoms with Gasteiger partial charge in [-0.15, -0.1) is 0 Å². The van der Waals surface area contributed by atoms with Gasteiger partial charge in [-0.05, 0) is 54.0 Å². The summed E-state index contributed by atoms with van der Waals surface area (Å²) in [7, 11) is 0. The Kier molecular flexibility index (Phi) is 4.65. The van der Waals surface area contributed by atoms with Crippen LogP contribution in [0.15, 0.2) is 29.7 Å². The Bertz CT molecular complexity index is 576. The summed E-state index contributed by atoms with van der Waals surface area (Å²) in [5.41, 5.74) is 2.42. The average molecular weight is 399 g/mol. The monoisotopic (exact) mass is 399 g/mol. The summed E-state index contributed by atoms with van der Waals surface area (Å²) in [6, 6.07) is 4.11. The van der Waals surface area contributed by atoms with Crippen molar-refractivity contribution in [3.8, 4) is 5.69 Å². The van der Waals surface area contributed by atoms with Crippen molar-refractivity contribution >= 4 is 34.4 Å². The minimum absolute atomic E-state index is 0.730. The van der Waals surface area contributed by atoms with Crippen LogP contribution in [0.3, 0.4) is 0 Å². The predicted molar refractivity (Wildman–Crippen MR) is 91.6 cm³/mol. The van der Waals surface area contributed by atoms with E-state index in [2.05, 4.69) is 45.1 Å². The molecule has 3 nitrogen and oxygen atoms in total. The molecule has 1 saturated carbocycles. The number of nitrogens with zero attached hydrogens (tertiary/aromatic N) is 3. The van der Waals surface area contributed by atoms with E-state index >= 15 is 0 Å². The molecule has 20 heavy (non-hydrogen) atoms. The first-order valence-electron chi connectivity index (χ1n) is 7.13. The van der Waals surface area contributed by atoms with Crippen molar-refractivity contribution in [1.29, 1.82) is 0 Å². The van der Waals surface area contributed by atoms with Gasteiger partial charge in [-0.3, -0.25) is 9.55 Å². The number of hydrogen-bond donors (Lipinski definition) is 0. The number of thioether (sulfide) groups is 1. The van der Waals surface area contributed by atoms with E-state index in [4.69, 9.17) is 4.98 Å². The highest BCUT2D eigenvalue weighted by molar-refractivity contribution is 14.1. The third-order valence-corrected chi connectivity index (χ3v) is 5.86. The van der Waals surface area contributed by atoms with Crippen LogP contribution in [0.1, 0.15) is 38.3 Å². The van der Waals surface area contributed by atoms with Crippen LogP contribution in [0, 0.1) is 3.70 Å². The minimum atomic E-state index is 0.730. The molecule has 0 unspecified atom stereocenters. The zero-order chi connectivity index (χ0) is 13.9. The molecule has 0 atom stereocenters. The Labute approximate surface area is 137 Å². The Hall–Kier alpha value is -0.560. The van der Waals surface area contributed by atoms with Crippen molar-refractivity contribution in [2.24, 2.45) is 0 Å². The molecule has 2 aromatic rings. The van der Waals surface area contributed by atoms with Gasteiger partial charge in [-0.1, -0.05) is 31.5 Å². The van der Waals surface area contributed by atoms with Crippen molar-refractivity contribution in [3.63, 3.8) is 0 Å². The number of imidazole rings is 1. The van der Waals surface area contributed by atoms with Crippen LogP contribution in [0.4, 0.5) is 0 Å². The Morgan fingerprint density at radius 3 is 2.85 bits per heavy atom. The number of halogens is 1. The number of pyridine rings is 1. The predicted octanol–water partition coefficient (Wildman–Crippen LogP) is 4.47. The molecule has 0 bridgehead atoms. The highest BCUT2D eigenvalue weighted by atomic mass is 127. The average Bonchev–Trinajstić information content (AvgIpc) is 3.07. The van der Waals surface area contributed by atoms with Crippen LogP contribution in [0.5, 0.6) is 0 Å². The molecule has 0 aliphatic heterocycles. The van der Waals surface area contributed by atoms with Gasteiger partial charge in [0.05, 0.1) is 17.6 Å². The topological polar surface area (TPSA) is 30.7 Å². The fourth-order valence-corrected chi connectivity index (χ4v) is 5.04. The molecule has 0 saturated heterocycles. The van der Waals surface area contributed by atoms with Gasteiger partial charge in [-0.2, -0.15) is 0 Å². The zero-order valence-electron chi connectivity index (χ0n) is 11.6. The van der Waals surface area contributed by atoms with Crippen LogP contribution in [-0.4, -0.2) is 19.8 Å². The van der Waals surface area contributed by atoms with E-state index in [9.17, 15) is 0 Å². The summed E-state index contributed by atoms with van der Waals surface area (Å²) in [6.45, 7) is 2.19. The van der Waals surface area contributed by atoms with E-state index in [-0.39, 0.29) is 0 Å². The fraction of sp³-hybridized carbons (Fsp3) is 0.467. The lowest BCUT2D eigenvalue weighted by atomic mass is 10.3. The zero-order valence-corrected chi connectivity index (χ0v) is 14.5. The highest BCUT2D eigenvalue weighted by Crippen LogP contribution is 2.36. The smallest absolute Gasteiger partial charge is 0.174 e. The molecular weight excluding hydrogens is 381 g/mol. The Morgan fingerprint density at radius 2 is 2.20 bits per heavy atom. The summed E-state index contributed by atoms with van der Waals surface area (Å²) in [5.74, 6) is 0. The van der Waals surface area contributed by atoms with Crippen LogP contribution in [0.2, 0.25) is 0 Å². The molecule has 3 rings (SSSR count). The van der Waals surface area contributed by atoms with Crippen molar-refractivity contribution in [2.75, 3.05) is 0 Å². The molecule has 5 heteroatoms. The van der Waals surface area contributed by atoms with Gasteiger partial charge in [0.25, 0.3) is 0 Å². The van der Waals surface area contributed by atoms with Crippen LogP contribution in [-0.2, 0) is 6.42 Å². The van der Waals surface area contributed by atoms with Crippen LogP contribution in [0.25, 0.3) is 5.69 Å². The fourth-order valence-electron chi connectivity index (χ4n) is 2.70. The summed E-state index contributed by atoms with van der Waals surface area (Å²) in [5, 5.41) is 1.86. The number of hydrogen-bond acceptors (Lipinski definition) is 3. The molecule has 2 aromatic heterocycles. The maximum atomic E-state index is 4.81. The van der Waals surface area contributed by atoms with Crippen molar-refractivity contribution in [3.05, 3.63) is 33.9 Å².